The number of halogens is 1. The number of ether oxygens (including phenoxy) is 1. The fourth-order valence-corrected chi connectivity index (χ4v) is 2.52. The molecule has 2 aromatic rings. The first kappa shape index (κ1) is 18.8. The van der Waals surface area contributed by atoms with Crippen molar-refractivity contribution in [1.29, 1.82) is 0 Å². The van der Waals surface area contributed by atoms with Gasteiger partial charge in [0.2, 0.25) is 5.91 Å². The molecule has 134 valence electrons. The lowest BCUT2D eigenvalue weighted by atomic mass is 10.2. The van der Waals surface area contributed by atoms with Gasteiger partial charge in [0.1, 0.15) is 11.7 Å². The maximum absolute atomic E-state index is 12.3. The Kier molecular flexibility index (Phi) is 6.37. The number of H-pyrrole nitrogens is 1. The summed E-state index contributed by atoms with van der Waals surface area (Å²) in [4.78, 5) is 39.9. The van der Waals surface area contributed by atoms with Crippen molar-refractivity contribution in [3.8, 4) is 0 Å². The monoisotopic (exact) mass is 366 g/mol. The topological polar surface area (TPSA) is 110 Å². The number of hydrogen-bond donors (Lipinski definition) is 2. The van der Waals surface area contributed by atoms with Crippen LogP contribution in [0.25, 0.3) is 0 Å². The van der Waals surface area contributed by atoms with Crippen molar-refractivity contribution in [3.63, 3.8) is 0 Å². The summed E-state index contributed by atoms with van der Waals surface area (Å²) in [5.74, 6) is -0.951. The molecule has 9 heteroatoms. The number of nitrogens with one attached hydrogen (secondary N) is 1. The first-order valence-corrected chi connectivity index (χ1v) is 8.04. The van der Waals surface area contributed by atoms with Crippen LogP contribution in [0.1, 0.15) is 5.56 Å². The van der Waals surface area contributed by atoms with E-state index < -0.39 is 17.2 Å². The zero-order valence-corrected chi connectivity index (χ0v) is 14.5. The number of aromatic nitrogens is 2. The highest BCUT2D eigenvalue weighted by atomic mass is 35.5. The van der Waals surface area contributed by atoms with Crippen LogP contribution in [-0.4, -0.2) is 41.6 Å². The highest BCUT2D eigenvalue weighted by Crippen LogP contribution is 2.18. The Bertz CT molecular complexity index is 847. The summed E-state index contributed by atoms with van der Waals surface area (Å²) in [6.07, 6.45) is 0. The van der Waals surface area contributed by atoms with Gasteiger partial charge in [-0.1, -0.05) is 30.3 Å². The normalized spacial score (nSPS) is 10.6. The first-order chi connectivity index (χ1) is 12.0. The second-order valence-corrected chi connectivity index (χ2v) is 5.50. The number of alkyl halides is 1. The van der Waals surface area contributed by atoms with Crippen molar-refractivity contribution in [2.45, 2.75) is 6.54 Å². The summed E-state index contributed by atoms with van der Waals surface area (Å²) in [5, 5.41) is 0. The van der Waals surface area contributed by atoms with Crippen molar-refractivity contribution in [3.05, 3.63) is 56.7 Å². The molecule has 8 nitrogen and oxygen atoms in total. The van der Waals surface area contributed by atoms with Gasteiger partial charge in [0.25, 0.3) is 5.56 Å². The number of carbonyl (C=O) groups excluding carboxylic acids is 1. The summed E-state index contributed by atoms with van der Waals surface area (Å²) in [6.45, 7) is 0.417. The number of rotatable bonds is 7. The van der Waals surface area contributed by atoms with E-state index in [4.69, 9.17) is 22.1 Å². The second kappa shape index (κ2) is 8.50. The Hall–Kier alpha value is -2.58. The van der Waals surface area contributed by atoms with Gasteiger partial charge in [-0.15, -0.1) is 11.6 Å². The number of aromatic amines is 1. The minimum atomic E-state index is -0.749. The lowest BCUT2D eigenvalue weighted by molar-refractivity contribution is -0.116. The third kappa shape index (κ3) is 4.28. The van der Waals surface area contributed by atoms with Crippen LogP contribution in [0.5, 0.6) is 0 Å². The Morgan fingerprint density at radius 2 is 2.00 bits per heavy atom. The number of methoxy groups -OCH3 is 1. The third-order valence-electron chi connectivity index (χ3n) is 3.60. The minimum Gasteiger partial charge on any atom is -0.383 e. The number of nitrogens with zero attached hydrogens (tertiary/aromatic N) is 2. The SMILES string of the molecule is COCCN(C(=O)CCl)c1c(N)n(Cc2ccccc2)c(=O)[nH]c1=O. The third-order valence-corrected chi connectivity index (χ3v) is 3.83. The largest absolute Gasteiger partial charge is 0.383 e. The van der Waals surface area contributed by atoms with Gasteiger partial charge in [-0.05, 0) is 5.56 Å². The van der Waals surface area contributed by atoms with Crippen LogP contribution >= 0.6 is 11.6 Å². The molecule has 3 N–H and O–H groups in total. The van der Waals surface area contributed by atoms with E-state index in [9.17, 15) is 14.4 Å². The van der Waals surface area contributed by atoms with Crippen LogP contribution in [0.2, 0.25) is 0 Å². The average Bonchev–Trinajstić information content (AvgIpc) is 2.61. The van der Waals surface area contributed by atoms with Crippen molar-refractivity contribution >= 4 is 29.0 Å². The summed E-state index contributed by atoms with van der Waals surface area (Å²) in [6, 6.07) is 9.14. The zero-order chi connectivity index (χ0) is 18.4. The van der Waals surface area contributed by atoms with E-state index in [0.29, 0.717) is 0 Å². The van der Waals surface area contributed by atoms with Gasteiger partial charge in [-0.25, -0.2) is 4.79 Å². The number of benzene rings is 1. The van der Waals surface area contributed by atoms with E-state index in [1.165, 1.54) is 11.7 Å². The molecule has 0 unspecified atom stereocenters. The molecule has 1 heterocycles. The molecule has 1 amide bonds. The molecular weight excluding hydrogens is 348 g/mol. The molecule has 0 radical (unpaired) electrons. The number of amides is 1. The van der Waals surface area contributed by atoms with Gasteiger partial charge in [-0.2, -0.15) is 0 Å². The first-order valence-electron chi connectivity index (χ1n) is 7.51. The Labute approximate surface area is 148 Å². The molecule has 0 fully saturated rings. The smallest absolute Gasteiger partial charge is 0.330 e. The number of nitrogen functional groups attached to an aromatic ring is 1. The second-order valence-electron chi connectivity index (χ2n) is 5.24. The van der Waals surface area contributed by atoms with E-state index in [0.717, 1.165) is 10.5 Å². The van der Waals surface area contributed by atoms with Crippen LogP contribution < -0.4 is 21.9 Å². The van der Waals surface area contributed by atoms with Crippen LogP contribution in [0.15, 0.2) is 39.9 Å². The van der Waals surface area contributed by atoms with Crippen LogP contribution in [-0.2, 0) is 16.1 Å². The molecule has 25 heavy (non-hydrogen) atoms. The Balaban J connectivity index is 2.54. The van der Waals surface area contributed by atoms with Gasteiger partial charge in [-0.3, -0.25) is 19.1 Å². The van der Waals surface area contributed by atoms with Crippen LogP contribution in [0.4, 0.5) is 11.5 Å². The molecule has 0 saturated carbocycles. The molecule has 0 saturated heterocycles. The summed E-state index contributed by atoms with van der Waals surface area (Å²) in [7, 11) is 1.47. The van der Waals surface area contributed by atoms with Gasteiger partial charge < -0.3 is 15.4 Å². The summed E-state index contributed by atoms with van der Waals surface area (Å²) < 4.78 is 6.16. The molecule has 1 aromatic carbocycles. The highest BCUT2D eigenvalue weighted by molar-refractivity contribution is 6.29. The Morgan fingerprint density at radius 1 is 1.32 bits per heavy atom. The summed E-state index contributed by atoms with van der Waals surface area (Å²) in [5.41, 5.74) is 5.37. The molecule has 0 aliphatic rings. The molecule has 0 aliphatic heterocycles. The minimum absolute atomic E-state index is 0.0822. The van der Waals surface area contributed by atoms with E-state index in [2.05, 4.69) is 4.98 Å². The van der Waals surface area contributed by atoms with Gasteiger partial charge >= 0.3 is 5.69 Å². The number of hydrogen-bond acceptors (Lipinski definition) is 5. The van der Waals surface area contributed by atoms with Crippen LogP contribution in [0, 0.1) is 0 Å². The molecule has 1 aromatic heterocycles. The number of nitrogens with two attached hydrogens (primary N) is 1. The molecular formula is C16H19ClN4O4. The molecule has 0 bridgehead atoms. The van der Waals surface area contributed by atoms with Crippen molar-refractivity contribution in [2.75, 3.05) is 36.8 Å². The molecule has 2 rings (SSSR count). The average molecular weight is 367 g/mol. The van der Waals surface area contributed by atoms with Gasteiger partial charge in [0.15, 0.2) is 5.69 Å². The lowest BCUT2D eigenvalue weighted by Gasteiger charge is -2.23. The maximum Gasteiger partial charge on any atom is 0.330 e. The predicted octanol–water partition coefficient (Wildman–Crippen LogP) is 0.385. The van der Waals surface area contributed by atoms with Gasteiger partial charge in [0, 0.05) is 13.7 Å². The van der Waals surface area contributed by atoms with E-state index in [-0.39, 0.29) is 37.1 Å². The summed E-state index contributed by atoms with van der Waals surface area (Å²) >= 11 is 5.63. The molecule has 0 aliphatic carbocycles. The fourth-order valence-electron chi connectivity index (χ4n) is 2.38. The number of anilines is 2. The molecule has 0 spiro atoms. The van der Waals surface area contributed by atoms with Crippen molar-refractivity contribution < 1.29 is 9.53 Å². The zero-order valence-electron chi connectivity index (χ0n) is 13.7. The van der Waals surface area contributed by atoms with Crippen LogP contribution in [0.3, 0.4) is 0 Å². The fraction of sp³-hybridized carbons (Fsp3) is 0.312. The quantitative estimate of drug-likeness (QED) is 0.688. The van der Waals surface area contributed by atoms with E-state index in [1.807, 2.05) is 30.3 Å². The van der Waals surface area contributed by atoms with E-state index in [1.54, 1.807) is 0 Å². The highest BCUT2D eigenvalue weighted by Gasteiger charge is 2.23. The lowest BCUT2D eigenvalue weighted by Crippen LogP contribution is -2.43. The van der Waals surface area contributed by atoms with Gasteiger partial charge in [0.05, 0.1) is 13.2 Å². The maximum atomic E-state index is 12.3. The number of carbonyl (C=O) groups is 1. The molecule has 0 atom stereocenters. The van der Waals surface area contributed by atoms with Crippen molar-refractivity contribution in [2.24, 2.45) is 0 Å². The predicted molar refractivity (Wildman–Crippen MR) is 96.2 cm³/mol. The Morgan fingerprint density at radius 3 is 2.60 bits per heavy atom. The van der Waals surface area contributed by atoms with E-state index >= 15 is 0 Å². The van der Waals surface area contributed by atoms with Crippen molar-refractivity contribution in [1.82, 2.24) is 9.55 Å². The standard InChI is InChI=1S/C16H19ClN4O4/c1-25-8-7-20(12(22)9-17)13-14(18)21(16(24)19-15(13)23)10-11-5-3-2-4-6-11/h2-6H,7-10,18H2,1H3,(H,19,23,24).